The van der Waals surface area contributed by atoms with Crippen LogP contribution in [0.3, 0.4) is 0 Å². The normalized spacial score (nSPS) is 19.3. The van der Waals surface area contributed by atoms with E-state index in [1.807, 2.05) is 30.3 Å². The van der Waals surface area contributed by atoms with E-state index in [0.29, 0.717) is 38.2 Å². The number of halogens is 1. The minimum absolute atomic E-state index is 0.00860. The maximum Gasteiger partial charge on any atom is 0.410 e. The molecule has 1 N–H and O–H groups in total. The first-order valence-electron chi connectivity index (χ1n) is 9.94. The van der Waals surface area contributed by atoms with Gasteiger partial charge < -0.3 is 15.0 Å². The van der Waals surface area contributed by atoms with Crippen LogP contribution in [-0.2, 0) is 4.74 Å². The molecule has 0 aliphatic carbocycles. The van der Waals surface area contributed by atoms with Gasteiger partial charge in [-0.1, -0.05) is 41.9 Å². The van der Waals surface area contributed by atoms with Crippen molar-refractivity contribution in [1.82, 2.24) is 9.80 Å². The fourth-order valence-electron chi connectivity index (χ4n) is 4.05. The Balaban J connectivity index is 1.38. The first-order chi connectivity index (χ1) is 14.9. The zero-order valence-electron chi connectivity index (χ0n) is 16.6. The number of nitro groups is 1. The van der Waals surface area contributed by atoms with Crippen molar-refractivity contribution in [3.8, 4) is 0 Å². The number of urea groups is 1. The van der Waals surface area contributed by atoms with Crippen molar-refractivity contribution >= 4 is 35.1 Å². The molecule has 0 saturated carbocycles. The summed E-state index contributed by atoms with van der Waals surface area (Å²) in [4.78, 5) is 38.9. The molecular weight excluding hydrogens is 424 g/mol. The van der Waals surface area contributed by atoms with E-state index < -0.39 is 4.92 Å². The van der Waals surface area contributed by atoms with Crippen LogP contribution in [0.4, 0.5) is 21.0 Å². The fourth-order valence-corrected chi connectivity index (χ4v) is 4.23. The van der Waals surface area contributed by atoms with Gasteiger partial charge in [0, 0.05) is 30.9 Å². The molecule has 31 heavy (non-hydrogen) atoms. The number of piperidine rings is 1. The van der Waals surface area contributed by atoms with E-state index >= 15 is 0 Å². The molecule has 2 aromatic rings. The minimum Gasteiger partial charge on any atom is -0.447 e. The third-order valence-electron chi connectivity index (χ3n) is 5.63. The van der Waals surface area contributed by atoms with E-state index in [4.69, 9.17) is 16.3 Å². The number of carbonyl (C=O) groups is 2. The number of nitro benzene ring substituents is 1. The molecule has 1 atom stereocenters. The van der Waals surface area contributed by atoms with Crippen molar-refractivity contribution < 1.29 is 19.2 Å². The van der Waals surface area contributed by atoms with E-state index in [2.05, 4.69) is 5.32 Å². The van der Waals surface area contributed by atoms with Gasteiger partial charge in [0.05, 0.1) is 11.0 Å². The Labute approximate surface area is 183 Å². The number of nitrogens with zero attached hydrogens (tertiary/aromatic N) is 3. The third kappa shape index (κ3) is 4.41. The van der Waals surface area contributed by atoms with E-state index in [-0.39, 0.29) is 34.9 Å². The molecule has 3 amide bonds. The summed E-state index contributed by atoms with van der Waals surface area (Å²) in [7, 11) is 0. The summed E-state index contributed by atoms with van der Waals surface area (Å²) >= 11 is 5.82. The SMILES string of the molecule is O=C(Nc1ccc(Cl)c([N+](=O)[O-])c1)N1CCC(N2C(=O)OCC2c2ccccc2)CC1. The highest BCUT2D eigenvalue weighted by Crippen LogP contribution is 2.33. The summed E-state index contributed by atoms with van der Waals surface area (Å²) in [5, 5.41) is 13.7. The number of carbonyl (C=O) groups excluding carboxylic acids is 2. The number of benzene rings is 2. The lowest BCUT2D eigenvalue weighted by atomic mass is 9.99. The Kier molecular flexibility index (Phi) is 5.94. The number of nitrogens with one attached hydrogen (secondary N) is 1. The topological polar surface area (TPSA) is 105 Å². The first-order valence-corrected chi connectivity index (χ1v) is 10.3. The highest BCUT2D eigenvalue weighted by Gasteiger charge is 2.40. The molecule has 2 saturated heterocycles. The number of hydrogen-bond acceptors (Lipinski definition) is 5. The number of ether oxygens (including phenoxy) is 1. The number of hydrogen-bond donors (Lipinski definition) is 1. The van der Waals surface area contributed by atoms with Gasteiger partial charge in [-0.25, -0.2) is 9.59 Å². The summed E-state index contributed by atoms with van der Waals surface area (Å²) in [6.07, 6.45) is 0.907. The standard InChI is InChI=1S/C21H21ClN4O5/c22-17-7-6-15(12-18(17)26(29)30)23-20(27)24-10-8-16(9-11-24)25-19(13-31-21(25)28)14-4-2-1-3-5-14/h1-7,12,16,19H,8-11,13H2,(H,23,27). The zero-order valence-corrected chi connectivity index (χ0v) is 17.3. The van der Waals surface area contributed by atoms with Gasteiger partial charge in [0.1, 0.15) is 11.6 Å². The molecule has 2 aliphatic rings. The summed E-state index contributed by atoms with van der Waals surface area (Å²) in [5.41, 5.74) is 1.06. The molecule has 10 heteroatoms. The van der Waals surface area contributed by atoms with Gasteiger partial charge in [-0.05, 0) is 30.5 Å². The van der Waals surface area contributed by atoms with Crippen LogP contribution in [0, 0.1) is 10.1 Å². The molecule has 2 aliphatic heterocycles. The van der Waals surface area contributed by atoms with E-state index in [9.17, 15) is 19.7 Å². The molecule has 162 valence electrons. The molecule has 2 aromatic carbocycles. The van der Waals surface area contributed by atoms with Crippen molar-refractivity contribution in [1.29, 1.82) is 0 Å². The lowest BCUT2D eigenvalue weighted by molar-refractivity contribution is -0.384. The van der Waals surface area contributed by atoms with Crippen molar-refractivity contribution in [2.45, 2.75) is 24.9 Å². The van der Waals surface area contributed by atoms with E-state index in [1.54, 1.807) is 9.80 Å². The highest BCUT2D eigenvalue weighted by molar-refractivity contribution is 6.32. The molecular formula is C21H21ClN4O5. The first kappa shape index (κ1) is 20.9. The Bertz CT molecular complexity index is 995. The van der Waals surface area contributed by atoms with Crippen molar-refractivity contribution in [2.24, 2.45) is 0 Å². The van der Waals surface area contributed by atoms with Crippen LogP contribution in [0.25, 0.3) is 0 Å². The molecule has 0 bridgehead atoms. The van der Waals surface area contributed by atoms with E-state index in [1.165, 1.54) is 18.2 Å². The number of cyclic esters (lactones) is 1. The van der Waals surface area contributed by atoms with Crippen LogP contribution < -0.4 is 5.32 Å². The second-order valence-electron chi connectivity index (χ2n) is 7.48. The maximum absolute atomic E-state index is 12.6. The molecule has 2 heterocycles. The van der Waals surface area contributed by atoms with Gasteiger partial charge >= 0.3 is 12.1 Å². The predicted octanol–water partition coefficient (Wildman–Crippen LogP) is 4.44. The lowest BCUT2D eigenvalue weighted by Crippen LogP contribution is -2.48. The number of likely N-dealkylation sites (tertiary alicyclic amines) is 1. The van der Waals surface area contributed by atoms with Gasteiger partial charge in [0.25, 0.3) is 5.69 Å². The minimum atomic E-state index is -0.595. The van der Waals surface area contributed by atoms with Crippen LogP contribution in [0.2, 0.25) is 5.02 Å². The molecule has 1 unspecified atom stereocenters. The average Bonchev–Trinajstić information content (AvgIpc) is 3.17. The van der Waals surface area contributed by atoms with Crippen molar-refractivity contribution in [3.63, 3.8) is 0 Å². The molecule has 4 rings (SSSR count). The van der Waals surface area contributed by atoms with Crippen LogP contribution in [0.5, 0.6) is 0 Å². The average molecular weight is 445 g/mol. The number of amides is 3. The maximum atomic E-state index is 12.6. The van der Waals surface area contributed by atoms with Gasteiger partial charge in [-0.15, -0.1) is 0 Å². The van der Waals surface area contributed by atoms with Crippen molar-refractivity contribution in [3.05, 3.63) is 69.2 Å². The number of anilines is 1. The zero-order chi connectivity index (χ0) is 22.0. The molecule has 2 fully saturated rings. The predicted molar refractivity (Wildman–Crippen MR) is 114 cm³/mol. The van der Waals surface area contributed by atoms with Crippen LogP contribution >= 0.6 is 11.6 Å². The summed E-state index contributed by atoms with van der Waals surface area (Å²) in [5.74, 6) is 0. The van der Waals surface area contributed by atoms with E-state index in [0.717, 1.165) is 5.56 Å². The van der Waals surface area contributed by atoms with Crippen LogP contribution in [-0.4, -0.2) is 52.6 Å². The Hall–Kier alpha value is -3.33. The Morgan fingerprint density at radius 1 is 1.16 bits per heavy atom. The molecule has 9 nitrogen and oxygen atoms in total. The molecule has 0 radical (unpaired) electrons. The van der Waals surface area contributed by atoms with Gasteiger partial charge in [-0.3, -0.25) is 15.0 Å². The third-order valence-corrected chi connectivity index (χ3v) is 5.95. The monoisotopic (exact) mass is 444 g/mol. The summed E-state index contributed by atoms with van der Waals surface area (Å²) < 4.78 is 5.31. The lowest BCUT2D eigenvalue weighted by Gasteiger charge is -2.37. The Morgan fingerprint density at radius 3 is 2.55 bits per heavy atom. The quantitative estimate of drug-likeness (QED) is 0.554. The second kappa shape index (κ2) is 8.81. The second-order valence-corrected chi connectivity index (χ2v) is 7.89. The summed E-state index contributed by atoms with van der Waals surface area (Å²) in [6, 6.07) is 13.4. The largest absolute Gasteiger partial charge is 0.447 e. The number of rotatable bonds is 4. The van der Waals surface area contributed by atoms with Gasteiger partial charge in [0.15, 0.2) is 0 Å². The van der Waals surface area contributed by atoms with Crippen molar-refractivity contribution in [2.75, 3.05) is 25.0 Å². The van der Waals surface area contributed by atoms with Gasteiger partial charge in [-0.2, -0.15) is 0 Å². The molecule has 0 aromatic heterocycles. The Morgan fingerprint density at radius 2 is 1.87 bits per heavy atom. The van der Waals surface area contributed by atoms with Crippen LogP contribution in [0.1, 0.15) is 24.4 Å². The summed E-state index contributed by atoms with van der Waals surface area (Å²) in [6.45, 7) is 1.23. The fraction of sp³-hybridized carbons (Fsp3) is 0.333. The molecule has 0 spiro atoms. The van der Waals surface area contributed by atoms with Crippen LogP contribution in [0.15, 0.2) is 48.5 Å². The highest BCUT2D eigenvalue weighted by atomic mass is 35.5. The smallest absolute Gasteiger partial charge is 0.410 e. The van der Waals surface area contributed by atoms with Gasteiger partial charge in [0.2, 0.25) is 0 Å².